The van der Waals surface area contributed by atoms with Gasteiger partial charge in [-0.1, -0.05) is 13.8 Å². The molecule has 2 atom stereocenters. The van der Waals surface area contributed by atoms with E-state index in [1.165, 1.54) is 0 Å². The van der Waals surface area contributed by atoms with Crippen LogP contribution in [0.4, 0.5) is 0 Å². The Balaban J connectivity index is 3.78. The molecule has 0 aromatic heterocycles. The van der Waals surface area contributed by atoms with Crippen LogP contribution in [-0.4, -0.2) is 30.2 Å². The summed E-state index contributed by atoms with van der Waals surface area (Å²) in [5, 5.41) is 11.5. The lowest BCUT2D eigenvalue weighted by Gasteiger charge is -2.20. The van der Waals surface area contributed by atoms with Crippen LogP contribution in [0.2, 0.25) is 0 Å². The third kappa shape index (κ3) is 4.85. The van der Waals surface area contributed by atoms with Crippen molar-refractivity contribution in [2.45, 2.75) is 26.8 Å². The minimum absolute atomic E-state index is 0.349. The van der Waals surface area contributed by atoms with E-state index in [4.69, 9.17) is 10.8 Å². The Morgan fingerprint density at radius 3 is 2.31 bits per heavy atom. The highest BCUT2D eigenvalue weighted by Crippen LogP contribution is 2.07. The highest BCUT2D eigenvalue weighted by molar-refractivity contribution is 5.72. The fraction of sp³-hybridized carbons (Fsp3) is 0.889. The first-order valence-corrected chi connectivity index (χ1v) is 4.65. The van der Waals surface area contributed by atoms with E-state index < -0.39 is 12.0 Å². The highest BCUT2D eigenvalue weighted by Gasteiger charge is 2.15. The fourth-order valence-electron chi connectivity index (χ4n) is 1.01. The van der Waals surface area contributed by atoms with E-state index in [9.17, 15) is 4.79 Å². The van der Waals surface area contributed by atoms with E-state index in [1.54, 1.807) is 6.92 Å². The predicted molar refractivity (Wildman–Crippen MR) is 52.5 cm³/mol. The van der Waals surface area contributed by atoms with Crippen molar-refractivity contribution < 1.29 is 9.90 Å². The van der Waals surface area contributed by atoms with Crippen LogP contribution in [0.5, 0.6) is 0 Å². The zero-order chi connectivity index (χ0) is 10.4. The van der Waals surface area contributed by atoms with Gasteiger partial charge in [0.25, 0.3) is 0 Å². The van der Waals surface area contributed by atoms with Gasteiger partial charge < -0.3 is 16.2 Å². The van der Waals surface area contributed by atoms with Crippen LogP contribution in [0.25, 0.3) is 0 Å². The van der Waals surface area contributed by atoms with E-state index in [-0.39, 0.29) is 0 Å². The molecule has 0 saturated heterocycles. The van der Waals surface area contributed by atoms with Crippen LogP contribution < -0.4 is 11.1 Å². The minimum Gasteiger partial charge on any atom is -0.480 e. The summed E-state index contributed by atoms with van der Waals surface area (Å²) in [6.45, 7) is 7.07. The van der Waals surface area contributed by atoms with Crippen LogP contribution in [0.15, 0.2) is 0 Å². The summed E-state index contributed by atoms with van der Waals surface area (Å²) >= 11 is 0. The van der Waals surface area contributed by atoms with Crippen LogP contribution in [0.1, 0.15) is 20.8 Å². The first kappa shape index (κ1) is 12.4. The lowest BCUT2D eigenvalue weighted by Crippen LogP contribution is -2.40. The summed E-state index contributed by atoms with van der Waals surface area (Å²) < 4.78 is 0. The molecule has 4 heteroatoms. The molecule has 0 amide bonds. The van der Waals surface area contributed by atoms with E-state index >= 15 is 0 Å². The molecular weight excluding hydrogens is 168 g/mol. The van der Waals surface area contributed by atoms with Crippen molar-refractivity contribution in [2.24, 2.45) is 17.6 Å². The van der Waals surface area contributed by atoms with Crippen molar-refractivity contribution in [1.29, 1.82) is 0 Å². The molecule has 0 saturated carbocycles. The van der Waals surface area contributed by atoms with Gasteiger partial charge in [0.1, 0.15) is 6.04 Å². The number of aliphatic carboxylic acids is 1. The molecule has 78 valence electrons. The molecule has 0 aliphatic heterocycles. The Morgan fingerprint density at radius 1 is 1.46 bits per heavy atom. The summed E-state index contributed by atoms with van der Waals surface area (Å²) in [4.78, 5) is 10.5. The van der Waals surface area contributed by atoms with E-state index in [0.717, 1.165) is 0 Å². The number of hydrogen-bond acceptors (Lipinski definition) is 3. The van der Waals surface area contributed by atoms with Crippen molar-refractivity contribution in [3.8, 4) is 0 Å². The Morgan fingerprint density at radius 2 is 2.00 bits per heavy atom. The van der Waals surface area contributed by atoms with Gasteiger partial charge in [-0.05, 0) is 25.3 Å². The van der Waals surface area contributed by atoms with Gasteiger partial charge in [0.15, 0.2) is 0 Å². The average Bonchev–Trinajstić information content (AvgIpc) is 2.04. The summed E-state index contributed by atoms with van der Waals surface area (Å²) in [6, 6.07) is -0.493. The Labute approximate surface area is 79.5 Å². The number of carboxylic acid groups (broad SMARTS) is 1. The van der Waals surface area contributed by atoms with Crippen LogP contribution in [-0.2, 0) is 4.79 Å². The second-order valence-corrected chi connectivity index (χ2v) is 3.71. The maximum Gasteiger partial charge on any atom is 0.320 e. The maximum atomic E-state index is 10.5. The molecule has 4 nitrogen and oxygen atoms in total. The molecule has 0 spiro atoms. The van der Waals surface area contributed by atoms with Crippen molar-refractivity contribution in [3.63, 3.8) is 0 Å². The van der Waals surface area contributed by atoms with Crippen molar-refractivity contribution >= 4 is 5.97 Å². The van der Waals surface area contributed by atoms with Crippen LogP contribution in [0.3, 0.4) is 0 Å². The molecule has 0 aliphatic carbocycles. The van der Waals surface area contributed by atoms with Crippen molar-refractivity contribution in [2.75, 3.05) is 13.1 Å². The summed E-state index contributed by atoms with van der Waals surface area (Å²) in [7, 11) is 0. The second-order valence-electron chi connectivity index (χ2n) is 3.71. The zero-order valence-electron chi connectivity index (χ0n) is 8.58. The fourth-order valence-corrected chi connectivity index (χ4v) is 1.01. The monoisotopic (exact) mass is 188 g/mol. The molecular formula is C9H20N2O2. The van der Waals surface area contributed by atoms with Crippen LogP contribution >= 0.6 is 0 Å². The molecule has 0 bridgehead atoms. The predicted octanol–water partition coefficient (Wildman–Crippen LogP) is 0.280. The molecule has 0 fully saturated rings. The lowest BCUT2D eigenvalue weighted by atomic mass is 9.96. The van der Waals surface area contributed by atoms with Crippen molar-refractivity contribution in [1.82, 2.24) is 5.32 Å². The molecule has 2 unspecified atom stereocenters. The van der Waals surface area contributed by atoms with E-state index in [1.807, 2.05) is 0 Å². The van der Waals surface area contributed by atoms with Crippen molar-refractivity contribution in [3.05, 3.63) is 0 Å². The van der Waals surface area contributed by atoms with E-state index in [2.05, 4.69) is 19.2 Å². The quantitative estimate of drug-likeness (QED) is 0.559. The number of carboxylic acids is 1. The maximum absolute atomic E-state index is 10.5. The Bertz CT molecular complexity index is 160. The summed E-state index contributed by atoms with van der Waals surface area (Å²) in [5.74, 6) is 0.0137. The highest BCUT2D eigenvalue weighted by atomic mass is 16.4. The largest absolute Gasteiger partial charge is 0.480 e. The van der Waals surface area contributed by atoms with E-state index in [0.29, 0.717) is 24.9 Å². The van der Waals surface area contributed by atoms with Gasteiger partial charge in [-0.15, -0.1) is 0 Å². The number of hydrogen-bond donors (Lipinski definition) is 3. The second kappa shape index (κ2) is 5.94. The number of nitrogens with two attached hydrogens (primary N) is 1. The molecule has 0 heterocycles. The lowest BCUT2D eigenvalue weighted by molar-refractivity contribution is -0.139. The third-order valence-electron chi connectivity index (χ3n) is 2.30. The molecule has 0 aliphatic rings. The molecule has 13 heavy (non-hydrogen) atoms. The SMILES string of the molecule is CC(NCC(CN)C(C)C)C(=O)O. The molecule has 0 radical (unpaired) electrons. The van der Waals surface area contributed by atoms with Gasteiger partial charge >= 0.3 is 5.97 Å². The van der Waals surface area contributed by atoms with Gasteiger partial charge in [-0.2, -0.15) is 0 Å². The van der Waals surface area contributed by atoms with Gasteiger partial charge in [0.2, 0.25) is 0 Å². The molecule has 0 aromatic rings. The Kier molecular flexibility index (Phi) is 5.66. The molecule has 0 aromatic carbocycles. The summed E-state index contributed by atoms with van der Waals surface area (Å²) in [5.41, 5.74) is 5.55. The number of rotatable bonds is 6. The average molecular weight is 188 g/mol. The van der Waals surface area contributed by atoms with Gasteiger partial charge in [0, 0.05) is 6.54 Å². The summed E-state index contributed by atoms with van der Waals surface area (Å²) in [6.07, 6.45) is 0. The van der Waals surface area contributed by atoms with Gasteiger partial charge in [-0.3, -0.25) is 4.79 Å². The smallest absolute Gasteiger partial charge is 0.320 e. The topological polar surface area (TPSA) is 75.3 Å². The Hall–Kier alpha value is -0.610. The first-order chi connectivity index (χ1) is 5.99. The van der Waals surface area contributed by atoms with Crippen LogP contribution in [0, 0.1) is 11.8 Å². The minimum atomic E-state index is -0.820. The normalized spacial score (nSPS) is 15.8. The third-order valence-corrected chi connectivity index (χ3v) is 2.30. The molecule has 0 rings (SSSR count). The molecule has 4 N–H and O–H groups in total. The van der Waals surface area contributed by atoms with Gasteiger partial charge in [0.05, 0.1) is 0 Å². The standard InChI is InChI=1S/C9H20N2O2/c1-6(2)8(4-10)5-11-7(3)9(12)13/h6-8,11H,4-5,10H2,1-3H3,(H,12,13). The van der Waals surface area contributed by atoms with Gasteiger partial charge in [-0.25, -0.2) is 0 Å². The zero-order valence-corrected chi connectivity index (χ0v) is 8.58. The number of nitrogens with one attached hydrogen (secondary N) is 1. The number of carbonyl (C=O) groups is 1. The first-order valence-electron chi connectivity index (χ1n) is 4.65.